The highest BCUT2D eigenvalue weighted by molar-refractivity contribution is 8.00. The molecular weight excluding hydrogens is 346 g/mol. The van der Waals surface area contributed by atoms with E-state index in [1.165, 1.54) is 11.8 Å². The number of carbonyl (C=O) groups is 1. The first-order valence-electron chi connectivity index (χ1n) is 7.84. The van der Waals surface area contributed by atoms with Crippen LogP contribution in [0.2, 0.25) is 0 Å². The molecule has 130 valence electrons. The van der Waals surface area contributed by atoms with E-state index in [-0.39, 0.29) is 28.7 Å². The molecule has 2 unspecified atom stereocenters. The van der Waals surface area contributed by atoms with Gasteiger partial charge in [0.05, 0.1) is 27.8 Å². The number of hydrogen-bond acceptors (Lipinski definition) is 5. The van der Waals surface area contributed by atoms with E-state index >= 15 is 0 Å². The van der Waals surface area contributed by atoms with Crippen molar-refractivity contribution in [3.05, 3.63) is 24.3 Å². The van der Waals surface area contributed by atoms with E-state index in [9.17, 15) is 13.2 Å². The van der Waals surface area contributed by atoms with Crippen LogP contribution in [0, 0.1) is 0 Å². The zero-order chi connectivity index (χ0) is 17.5. The van der Waals surface area contributed by atoms with Gasteiger partial charge in [-0.1, -0.05) is 23.9 Å². The molecule has 6 nitrogen and oxygen atoms in total. The molecular formula is C16H21N3O3S2. The van der Waals surface area contributed by atoms with E-state index < -0.39 is 9.84 Å². The molecule has 1 saturated heterocycles. The van der Waals surface area contributed by atoms with E-state index in [1.54, 1.807) is 11.9 Å². The second-order valence-corrected chi connectivity index (χ2v) is 9.74. The minimum Gasteiger partial charge on any atom is -0.341 e. The number of amides is 1. The third-order valence-corrected chi connectivity index (χ3v) is 7.36. The Labute approximate surface area is 146 Å². The van der Waals surface area contributed by atoms with Crippen molar-refractivity contribution in [2.24, 2.45) is 7.05 Å². The first-order chi connectivity index (χ1) is 11.3. The van der Waals surface area contributed by atoms with Gasteiger partial charge in [0, 0.05) is 20.1 Å². The summed E-state index contributed by atoms with van der Waals surface area (Å²) in [4.78, 5) is 18.8. The predicted molar refractivity (Wildman–Crippen MR) is 95.9 cm³/mol. The Bertz CT molecular complexity index is 876. The first kappa shape index (κ1) is 17.3. The molecule has 8 heteroatoms. The smallest absolute Gasteiger partial charge is 0.235 e. The van der Waals surface area contributed by atoms with Crippen LogP contribution in [0.3, 0.4) is 0 Å². The summed E-state index contributed by atoms with van der Waals surface area (Å²) in [5.74, 6) is 0.176. The molecule has 2 atom stereocenters. The highest BCUT2D eigenvalue weighted by atomic mass is 32.2. The number of benzene rings is 1. The maximum atomic E-state index is 12.6. The quantitative estimate of drug-likeness (QED) is 0.769. The van der Waals surface area contributed by atoms with Crippen LogP contribution in [0.1, 0.15) is 13.3 Å². The second-order valence-electron chi connectivity index (χ2n) is 6.21. The van der Waals surface area contributed by atoms with E-state index in [4.69, 9.17) is 0 Å². The van der Waals surface area contributed by atoms with Gasteiger partial charge in [0.15, 0.2) is 15.0 Å². The predicted octanol–water partition coefficient (Wildman–Crippen LogP) is 1.70. The first-order valence-corrected chi connectivity index (χ1v) is 10.5. The van der Waals surface area contributed by atoms with Crippen LogP contribution in [0.25, 0.3) is 11.0 Å². The fourth-order valence-electron chi connectivity index (χ4n) is 2.98. The number of thioether (sulfide) groups is 1. The van der Waals surface area contributed by atoms with E-state index in [2.05, 4.69) is 4.98 Å². The number of sulfone groups is 1. The third kappa shape index (κ3) is 3.30. The lowest BCUT2D eigenvalue weighted by Gasteiger charge is -2.26. The summed E-state index contributed by atoms with van der Waals surface area (Å²) in [6.07, 6.45) is 0.522. The van der Waals surface area contributed by atoms with Crippen molar-refractivity contribution in [1.29, 1.82) is 0 Å². The van der Waals surface area contributed by atoms with Gasteiger partial charge < -0.3 is 9.47 Å². The number of rotatable bonds is 4. The molecule has 1 aromatic carbocycles. The fraction of sp³-hybridized carbons (Fsp3) is 0.500. The van der Waals surface area contributed by atoms with Gasteiger partial charge in [0.25, 0.3) is 0 Å². The minimum atomic E-state index is -3.00. The summed E-state index contributed by atoms with van der Waals surface area (Å²) in [5.41, 5.74) is 1.92. The zero-order valence-corrected chi connectivity index (χ0v) is 15.6. The van der Waals surface area contributed by atoms with E-state index in [0.29, 0.717) is 6.42 Å². The maximum absolute atomic E-state index is 12.6. The number of hydrogen-bond donors (Lipinski definition) is 0. The molecule has 1 amide bonds. The number of imidazole rings is 1. The fourth-order valence-corrected chi connectivity index (χ4v) is 5.75. The summed E-state index contributed by atoms with van der Waals surface area (Å²) in [6.45, 7) is 1.84. The van der Waals surface area contributed by atoms with E-state index in [1.807, 2.05) is 42.8 Å². The van der Waals surface area contributed by atoms with Gasteiger partial charge in [-0.2, -0.15) is 0 Å². The van der Waals surface area contributed by atoms with Crippen molar-refractivity contribution in [3.63, 3.8) is 0 Å². The van der Waals surface area contributed by atoms with Crippen molar-refractivity contribution in [2.75, 3.05) is 18.6 Å². The Hall–Kier alpha value is -1.54. The molecule has 2 heterocycles. The van der Waals surface area contributed by atoms with Gasteiger partial charge in [-0.05, 0) is 25.5 Å². The Morgan fingerprint density at radius 3 is 2.75 bits per heavy atom. The number of carbonyl (C=O) groups excluding carboxylic acids is 1. The average molecular weight is 367 g/mol. The Balaban J connectivity index is 1.72. The van der Waals surface area contributed by atoms with Crippen LogP contribution < -0.4 is 0 Å². The number of para-hydroxylation sites is 2. The van der Waals surface area contributed by atoms with Gasteiger partial charge in [0.1, 0.15) is 0 Å². The zero-order valence-electron chi connectivity index (χ0n) is 14.0. The molecule has 3 rings (SSSR count). The van der Waals surface area contributed by atoms with Crippen molar-refractivity contribution >= 4 is 38.5 Å². The molecule has 24 heavy (non-hydrogen) atoms. The van der Waals surface area contributed by atoms with Gasteiger partial charge in [-0.15, -0.1) is 0 Å². The summed E-state index contributed by atoms with van der Waals surface area (Å²) >= 11 is 1.40. The summed E-state index contributed by atoms with van der Waals surface area (Å²) in [6, 6.07) is 7.62. The topological polar surface area (TPSA) is 72.3 Å². The van der Waals surface area contributed by atoms with Crippen LogP contribution in [0.5, 0.6) is 0 Å². The van der Waals surface area contributed by atoms with Crippen molar-refractivity contribution in [2.45, 2.75) is 29.8 Å². The minimum absolute atomic E-state index is 0.0610. The Kier molecular flexibility index (Phi) is 4.61. The van der Waals surface area contributed by atoms with Crippen LogP contribution in [-0.4, -0.2) is 58.6 Å². The van der Waals surface area contributed by atoms with Gasteiger partial charge in [0.2, 0.25) is 5.91 Å². The highest BCUT2D eigenvalue weighted by Crippen LogP contribution is 2.28. The molecule has 0 spiro atoms. The lowest BCUT2D eigenvalue weighted by Crippen LogP contribution is -2.41. The van der Waals surface area contributed by atoms with Crippen molar-refractivity contribution < 1.29 is 13.2 Å². The number of nitrogens with zero attached hydrogens (tertiary/aromatic N) is 3. The van der Waals surface area contributed by atoms with Gasteiger partial charge in [-0.25, -0.2) is 13.4 Å². The molecule has 1 fully saturated rings. The average Bonchev–Trinajstić information content (AvgIpc) is 3.06. The molecule has 0 aliphatic carbocycles. The largest absolute Gasteiger partial charge is 0.341 e. The molecule has 2 aromatic rings. The van der Waals surface area contributed by atoms with Gasteiger partial charge >= 0.3 is 0 Å². The molecule has 0 saturated carbocycles. The summed E-state index contributed by atoms with van der Waals surface area (Å²) < 4.78 is 25.2. The van der Waals surface area contributed by atoms with E-state index in [0.717, 1.165) is 16.2 Å². The Morgan fingerprint density at radius 1 is 1.42 bits per heavy atom. The lowest BCUT2D eigenvalue weighted by molar-refractivity contribution is -0.130. The summed E-state index contributed by atoms with van der Waals surface area (Å²) in [7, 11) is 0.627. The molecule has 1 aromatic heterocycles. The maximum Gasteiger partial charge on any atom is 0.235 e. The Morgan fingerprint density at radius 2 is 2.12 bits per heavy atom. The third-order valence-electron chi connectivity index (χ3n) is 4.48. The van der Waals surface area contributed by atoms with Crippen molar-refractivity contribution in [3.8, 4) is 0 Å². The second kappa shape index (κ2) is 6.40. The molecule has 1 aliphatic heterocycles. The molecule has 1 aliphatic rings. The SMILES string of the molecule is CC(Sc1nc2ccccc2n1C)C(=O)N(C)C1CCS(=O)(=O)C1. The van der Waals surface area contributed by atoms with Crippen LogP contribution >= 0.6 is 11.8 Å². The molecule has 0 bridgehead atoms. The van der Waals surface area contributed by atoms with Crippen LogP contribution in [-0.2, 0) is 21.7 Å². The summed E-state index contributed by atoms with van der Waals surface area (Å²) in [5, 5.41) is 0.457. The highest BCUT2D eigenvalue weighted by Gasteiger charge is 2.34. The number of fused-ring (bicyclic) bond motifs is 1. The normalized spacial score (nSPS) is 21.0. The van der Waals surface area contributed by atoms with Crippen LogP contribution in [0.15, 0.2) is 29.4 Å². The monoisotopic (exact) mass is 367 g/mol. The molecule has 0 N–H and O–H groups in total. The number of aromatic nitrogens is 2. The molecule has 0 radical (unpaired) electrons. The standard InChI is InChI=1S/C16H21N3O3S2/c1-11(15(20)18(2)12-8-9-24(21,22)10-12)23-16-17-13-6-4-5-7-14(13)19(16)3/h4-7,11-12H,8-10H2,1-3H3. The van der Waals surface area contributed by atoms with Crippen LogP contribution in [0.4, 0.5) is 0 Å². The van der Waals surface area contributed by atoms with Crippen molar-refractivity contribution in [1.82, 2.24) is 14.5 Å². The van der Waals surface area contributed by atoms with Gasteiger partial charge in [-0.3, -0.25) is 4.79 Å². The number of aryl methyl sites for hydroxylation is 1. The lowest BCUT2D eigenvalue weighted by atomic mass is 10.2.